The molecule has 1 heterocycles. The van der Waals surface area contributed by atoms with Gasteiger partial charge in [0, 0.05) is 11.0 Å². The van der Waals surface area contributed by atoms with Crippen LogP contribution in [0.4, 0.5) is 0 Å². The third-order valence-electron chi connectivity index (χ3n) is 3.53. The Labute approximate surface area is 137 Å². The summed E-state index contributed by atoms with van der Waals surface area (Å²) in [4.78, 5) is 12.5. The van der Waals surface area contributed by atoms with Gasteiger partial charge in [0.05, 0.1) is 0 Å². The smallest absolute Gasteiger partial charge is 0.361 e. The van der Waals surface area contributed by atoms with Gasteiger partial charge in [-0.05, 0) is 11.0 Å². The van der Waals surface area contributed by atoms with Crippen LogP contribution in [0.1, 0.15) is 68.9 Å². The number of hydrogen-bond acceptors (Lipinski definition) is 4. The van der Waals surface area contributed by atoms with Crippen molar-refractivity contribution >= 4 is 5.97 Å². The Morgan fingerprint density at radius 2 is 1.65 bits per heavy atom. The maximum absolute atomic E-state index is 12.5. The predicted molar refractivity (Wildman–Crippen MR) is 89.5 cm³/mol. The highest BCUT2D eigenvalue weighted by Gasteiger charge is 2.36. The van der Waals surface area contributed by atoms with Crippen molar-refractivity contribution < 1.29 is 14.1 Å². The molecule has 0 unspecified atom stereocenters. The molecular formula is C19H25NO3. The van der Waals surface area contributed by atoms with E-state index in [-0.39, 0.29) is 23.1 Å². The number of aromatic nitrogens is 1. The summed E-state index contributed by atoms with van der Waals surface area (Å²) in [5.41, 5.74) is 1.55. The van der Waals surface area contributed by atoms with E-state index in [0.29, 0.717) is 0 Å². The summed E-state index contributed by atoms with van der Waals surface area (Å²) in [5, 5.41) is 4.01. The van der Waals surface area contributed by atoms with Crippen LogP contribution in [-0.4, -0.2) is 11.1 Å². The minimum absolute atomic E-state index is 0.223. The lowest BCUT2D eigenvalue weighted by Gasteiger charge is -2.24. The molecule has 0 spiro atoms. The highest BCUT2D eigenvalue weighted by molar-refractivity contribution is 5.89. The van der Waals surface area contributed by atoms with Crippen LogP contribution >= 0.6 is 0 Å². The monoisotopic (exact) mass is 315 g/mol. The van der Waals surface area contributed by atoms with Gasteiger partial charge >= 0.3 is 5.97 Å². The Balaban J connectivity index is 2.29. The van der Waals surface area contributed by atoms with E-state index >= 15 is 0 Å². The lowest BCUT2D eigenvalue weighted by atomic mass is 9.79. The molecular weight excluding hydrogens is 290 g/mol. The molecule has 0 saturated carbocycles. The fraction of sp³-hybridized carbons (Fsp3) is 0.474. The van der Waals surface area contributed by atoms with Gasteiger partial charge in [0.1, 0.15) is 12.4 Å². The van der Waals surface area contributed by atoms with Gasteiger partial charge in [-0.15, -0.1) is 0 Å². The zero-order chi connectivity index (χ0) is 17.3. The van der Waals surface area contributed by atoms with Crippen LogP contribution in [0, 0.1) is 0 Å². The third kappa shape index (κ3) is 4.01. The maximum Gasteiger partial charge on any atom is 0.361 e. The molecule has 0 atom stereocenters. The maximum atomic E-state index is 12.5. The highest BCUT2D eigenvalue weighted by atomic mass is 16.5. The SMILES string of the molecule is CC(C)(C)c1onc(C(=O)OCc2ccccc2)c1C(C)(C)C. The van der Waals surface area contributed by atoms with E-state index < -0.39 is 5.97 Å². The number of hydrogen-bond donors (Lipinski definition) is 0. The van der Waals surface area contributed by atoms with E-state index in [4.69, 9.17) is 9.26 Å². The molecule has 2 aromatic rings. The van der Waals surface area contributed by atoms with Gasteiger partial charge in [0.15, 0.2) is 5.69 Å². The largest absolute Gasteiger partial charge is 0.456 e. The van der Waals surface area contributed by atoms with Crippen LogP contribution < -0.4 is 0 Å². The summed E-state index contributed by atoms with van der Waals surface area (Å²) in [5.74, 6) is 0.287. The Kier molecular flexibility index (Phi) is 4.64. The molecule has 0 aliphatic rings. The predicted octanol–water partition coefficient (Wildman–Crippen LogP) is 4.63. The first-order valence-electron chi connectivity index (χ1n) is 7.82. The summed E-state index contributed by atoms with van der Waals surface area (Å²) in [7, 11) is 0. The van der Waals surface area contributed by atoms with Crippen molar-refractivity contribution in [2.45, 2.75) is 59.0 Å². The summed E-state index contributed by atoms with van der Waals surface area (Å²) in [6.45, 7) is 12.5. The van der Waals surface area contributed by atoms with Crippen molar-refractivity contribution in [1.29, 1.82) is 0 Å². The number of benzene rings is 1. The number of carbonyl (C=O) groups is 1. The summed E-state index contributed by atoms with van der Waals surface area (Å²) >= 11 is 0. The average Bonchev–Trinajstić information content (AvgIpc) is 2.91. The molecule has 23 heavy (non-hydrogen) atoms. The second-order valence-electron chi connectivity index (χ2n) is 7.80. The van der Waals surface area contributed by atoms with Gasteiger partial charge in [-0.3, -0.25) is 0 Å². The molecule has 1 aromatic heterocycles. The van der Waals surface area contributed by atoms with E-state index in [0.717, 1.165) is 16.9 Å². The van der Waals surface area contributed by atoms with Gasteiger partial charge in [0.25, 0.3) is 0 Å². The molecule has 0 radical (unpaired) electrons. The van der Waals surface area contributed by atoms with Gasteiger partial charge in [-0.25, -0.2) is 4.79 Å². The van der Waals surface area contributed by atoms with Crippen LogP contribution in [-0.2, 0) is 22.2 Å². The second kappa shape index (κ2) is 6.19. The minimum Gasteiger partial charge on any atom is -0.456 e. The Hall–Kier alpha value is -2.10. The van der Waals surface area contributed by atoms with Gasteiger partial charge in [-0.1, -0.05) is 77.0 Å². The van der Waals surface area contributed by atoms with Crippen molar-refractivity contribution in [3.05, 3.63) is 52.9 Å². The molecule has 0 aliphatic heterocycles. The van der Waals surface area contributed by atoms with Crippen LogP contribution in [0.2, 0.25) is 0 Å². The normalized spacial score (nSPS) is 12.3. The van der Waals surface area contributed by atoms with Crippen molar-refractivity contribution in [3.63, 3.8) is 0 Å². The molecule has 124 valence electrons. The standard InChI is InChI=1S/C19H25NO3/c1-18(2,3)14-15(20-23-16(14)19(4,5)6)17(21)22-12-13-10-8-7-9-11-13/h7-11H,12H2,1-6H3. The highest BCUT2D eigenvalue weighted by Crippen LogP contribution is 2.36. The van der Waals surface area contributed by atoms with E-state index in [1.165, 1.54) is 0 Å². The molecule has 4 heteroatoms. The number of carbonyl (C=O) groups excluding carboxylic acids is 1. The summed E-state index contributed by atoms with van der Waals surface area (Å²) in [6, 6.07) is 9.59. The van der Waals surface area contributed by atoms with Gasteiger partial charge in [0.2, 0.25) is 0 Å². The van der Waals surface area contributed by atoms with Crippen molar-refractivity contribution in [2.24, 2.45) is 0 Å². The molecule has 4 nitrogen and oxygen atoms in total. The van der Waals surface area contributed by atoms with Gasteiger partial charge < -0.3 is 9.26 Å². The first-order valence-corrected chi connectivity index (χ1v) is 7.82. The minimum atomic E-state index is -0.446. The van der Waals surface area contributed by atoms with Crippen LogP contribution in [0.25, 0.3) is 0 Å². The first-order chi connectivity index (χ1) is 10.6. The zero-order valence-electron chi connectivity index (χ0n) is 14.8. The zero-order valence-corrected chi connectivity index (χ0v) is 14.8. The summed E-state index contributed by atoms with van der Waals surface area (Å²) < 4.78 is 10.9. The van der Waals surface area contributed by atoms with E-state index in [1.54, 1.807) is 0 Å². The fourth-order valence-electron chi connectivity index (χ4n) is 2.43. The van der Waals surface area contributed by atoms with E-state index in [9.17, 15) is 4.79 Å². The lowest BCUT2D eigenvalue weighted by molar-refractivity contribution is 0.0458. The Morgan fingerprint density at radius 1 is 1.04 bits per heavy atom. The van der Waals surface area contributed by atoms with Crippen molar-refractivity contribution in [3.8, 4) is 0 Å². The molecule has 0 N–H and O–H groups in total. The van der Waals surface area contributed by atoms with Crippen LogP contribution in [0.15, 0.2) is 34.9 Å². The topological polar surface area (TPSA) is 52.3 Å². The first kappa shape index (κ1) is 17.3. The Morgan fingerprint density at radius 3 is 2.17 bits per heavy atom. The lowest BCUT2D eigenvalue weighted by Crippen LogP contribution is -2.23. The summed E-state index contributed by atoms with van der Waals surface area (Å²) in [6.07, 6.45) is 0. The quantitative estimate of drug-likeness (QED) is 0.775. The van der Waals surface area contributed by atoms with Crippen LogP contribution in [0.3, 0.4) is 0 Å². The number of ether oxygens (including phenoxy) is 1. The number of esters is 1. The molecule has 0 fully saturated rings. The molecule has 2 rings (SSSR count). The second-order valence-corrected chi connectivity index (χ2v) is 7.80. The Bertz CT molecular complexity index is 673. The number of nitrogens with zero attached hydrogens (tertiary/aromatic N) is 1. The third-order valence-corrected chi connectivity index (χ3v) is 3.53. The number of rotatable bonds is 3. The molecule has 0 aliphatic carbocycles. The molecule has 0 bridgehead atoms. The fourth-order valence-corrected chi connectivity index (χ4v) is 2.43. The van der Waals surface area contributed by atoms with E-state index in [1.807, 2.05) is 71.9 Å². The van der Waals surface area contributed by atoms with Gasteiger partial charge in [-0.2, -0.15) is 0 Å². The van der Waals surface area contributed by atoms with Crippen molar-refractivity contribution in [1.82, 2.24) is 5.16 Å². The van der Waals surface area contributed by atoms with E-state index in [2.05, 4.69) is 5.16 Å². The molecule has 0 amide bonds. The van der Waals surface area contributed by atoms with Crippen LogP contribution in [0.5, 0.6) is 0 Å². The molecule has 0 saturated heterocycles. The average molecular weight is 315 g/mol. The molecule has 1 aromatic carbocycles. The van der Waals surface area contributed by atoms with Crippen molar-refractivity contribution in [2.75, 3.05) is 0 Å².